The highest BCUT2D eigenvalue weighted by Crippen LogP contribution is 2.45. The van der Waals surface area contributed by atoms with Crippen LogP contribution in [0.15, 0.2) is 0 Å². The molecule has 19 heteroatoms. The number of ether oxygens (including phenoxy) is 4. The van der Waals surface area contributed by atoms with Crippen molar-refractivity contribution in [1.29, 1.82) is 0 Å². The number of unbranched alkanes of at least 4 members (excludes halogenated alkanes) is 48. The summed E-state index contributed by atoms with van der Waals surface area (Å²) in [6.45, 7) is 9.54. The van der Waals surface area contributed by atoms with Crippen molar-refractivity contribution in [3.63, 3.8) is 0 Å². The average molecular weight is 1440 g/mol. The highest BCUT2D eigenvalue weighted by atomic mass is 31.2. The highest BCUT2D eigenvalue weighted by Gasteiger charge is 2.30. The van der Waals surface area contributed by atoms with Gasteiger partial charge in [-0.2, -0.15) is 0 Å². The minimum absolute atomic E-state index is 0.106. The summed E-state index contributed by atoms with van der Waals surface area (Å²) >= 11 is 0. The number of phosphoric ester groups is 2. The summed E-state index contributed by atoms with van der Waals surface area (Å²) in [6, 6.07) is 0. The topological polar surface area (TPSA) is 237 Å². The summed E-state index contributed by atoms with van der Waals surface area (Å²) in [5.74, 6) is -0.668. The molecule has 0 rings (SSSR count). The number of phosphoric acid groups is 2. The molecule has 0 aliphatic rings. The fourth-order valence-corrected chi connectivity index (χ4v) is 13.8. The van der Waals surface area contributed by atoms with Crippen molar-refractivity contribution in [3.05, 3.63) is 0 Å². The molecule has 0 spiro atoms. The van der Waals surface area contributed by atoms with Gasteiger partial charge in [0.25, 0.3) is 0 Å². The monoisotopic (exact) mass is 1440 g/mol. The molecule has 0 heterocycles. The Hall–Kier alpha value is -1.94. The van der Waals surface area contributed by atoms with E-state index in [0.29, 0.717) is 31.6 Å². The second kappa shape index (κ2) is 70.7. The number of esters is 4. The zero-order valence-corrected chi connectivity index (χ0v) is 65.9. The highest BCUT2D eigenvalue weighted by molar-refractivity contribution is 7.47. The summed E-state index contributed by atoms with van der Waals surface area (Å²) in [4.78, 5) is 72.9. The second-order valence-electron chi connectivity index (χ2n) is 29.4. The van der Waals surface area contributed by atoms with Crippen LogP contribution in [0.1, 0.15) is 414 Å². The number of carbonyl (C=O) groups excluding carboxylic acids is 4. The normalized spacial score (nSPS) is 13.9. The van der Waals surface area contributed by atoms with E-state index < -0.39 is 97.5 Å². The van der Waals surface area contributed by atoms with E-state index in [-0.39, 0.29) is 25.7 Å². The Morgan fingerprint density at radius 3 is 0.694 bits per heavy atom. The number of rotatable bonds is 78. The molecule has 3 N–H and O–H groups in total. The van der Waals surface area contributed by atoms with Crippen LogP contribution in [0.2, 0.25) is 0 Å². The minimum atomic E-state index is -4.96. The summed E-state index contributed by atoms with van der Waals surface area (Å²) in [6.07, 6.45) is 59.8. The van der Waals surface area contributed by atoms with Crippen molar-refractivity contribution in [3.8, 4) is 0 Å². The van der Waals surface area contributed by atoms with Crippen LogP contribution in [-0.4, -0.2) is 96.7 Å². The van der Waals surface area contributed by atoms with Crippen molar-refractivity contribution in [2.45, 2.75) is 432 Å². The van der Waals surface area contributed by atoms with Crippen molar-refractivity contribution >= 4 is 39.5 Å². The molecule has 5 atom stereocenters. The SMILES string of the molecule is CCCCCCCCCCCCCCCCCCCCC(=O)O[C@H](COC(=O)CCCCCCCCCCCCCCCCCCC)COP(=O)(O)OC[C@@H](O)COP(=O)(O)OC[C@@H](COC(=O)CCCCCCCCC(C)C)OC(=O)CCCCCCCCCCCCCC(C)C. The summed E-state index contributed by atoms with van der Waals surface area (Å²) in [5, 5.41) is 10.6. The summed E-state index contributed by atoms with van der Waals surface area (Å²) in [5.41, 5.74) is 0. The predicted octanol–water partition coefficient (Wildman–Crippen LogP) is 23.5. The lowest BCUT2D eigenvalue weighted by Gasteiger charge is -2.21. The van der Waals surface area contributed by atoms with Gasteiger partial charge >= 0.3 is 39.5 Å². The summed E-state index contributed by atoms with van der Waals surface area (Å²) < 4.78 is 68.6. The van der Waals surface area contributed by atoms with Crippen LogP contribution in [0.25, 0.3) is 0 Å². The Morgan fingerprint density at radius 1 is 0.276 bits per heavy atom. The third kappa shape index (κ3) is 72.4. The Bertz CT molecular complexity index is 1890. The van der Waals surface area contributed by atoms with Gasteiger partial charge in [0, 0.05) is 25.7 Å². The van der Waals surface area contributed by atoms with E-state index >= 15 is 0 Å². The second-order valence-corrected chi connectivity index (χ2v) is 32.3. The summed E-state index contributed by atoms with van der Waals surface area (Å²) in [7, 11) is -9.92. The van der Waals surface area contributed by atoms with Gasteiger partial charge in [-0.05, 0) is 37.5 Å². The van der Waals surface area contributed by atoms with E-state index in [9.17, 15) is 43.2 Å². The van der Waals surface area contributed by atoms with Crippen LogP contribution in [0, 0.1) is 11.8 Å². The molecule has 0 aromatic rings. The van der Waals surface area contributed by atoms with Gasteiger partial charge in [0.1, 0.15) is 19.3 Å². The van der Waals surface area contributed by atoms with Gasteiger partial charge in [0.05, 0.1) is 26.4 Å². The molecule has 0 amide bonds. The third-order valence-corrected chi connectivity index (χ3v) is 20.4. The van der Waals surface area contributed by atoms with Gasteiger partial charge < -0.3 is 33.8 Å². The zero-order valence-electron chi connectivity index (χ0n) is 64.1. The van der Waals surface area contributed by atoms with Crippen LogP contribution in [0.3, 0.4) is 0 Å². The van der Waals surface area contributed by atoms with Gasteiger partial charge in [0.2, 0.25) is 0 Å². The molecule has 0 saturated carbocycles. The molecule has 0 aromatic heterocycles. The first kappa shape index (κ1) is 96.1. The van der Waals surface area contributed by atoms with Crippen molar-refractivity contribution in [1.82, 2.24) is 0 Å². The molecule has 582 valence electrons. The maximum absolute atomic E-state index is 13.1. The Balaban J connectivity index is 5.23. The van der Waals surface area contributed by atoms with E-state index in [0.717, 1.165) is 102 Å². The zero-order chi connectivity index (χ0) is 72.1. The molecule has 0 radical (unpaired) electrons. The van der Waals surface area contributed by atoms with Crippen LogP contribution in [-0.2, 0) is 65.4 Å². The number of aliphatic hydroxyl groups excluding tert-OH is 1. The van der Waals surface area contributed by atoms with Gasteiger partial charge in [0.15, 0.2) is 12.2 Å². The van der Waals surface area contributed by atoms with Crippen molar-refractivity contribution < 1.29 is 80.2 Å². The quantitative estimate of drug-likeness (QED) is 0.0222. The van der Waals surface area contributed by atoms with Crippen LogP contribution >= 0.6 is 15.6 Å². The van der Waals surface area contributed by atoms with E-state index in [4.69, 9.17) is 37.0 Å². The lowest BCUT2D eigenvalue weighted by Crippen LogP contribution is -2.30. The van der Waals surface area contributed by atoms with Crippen LogP contribution in [0.5, 0.6) is 0 Å². The molecular weight excluding hydrogens is 1280 g/mol. The predicted molar refractivity (Wildman–Crippen MR) is 400 cm³/mol. The molecule has 0 bridgehead atoms. The lowest BCUT2D eigenvalue weighted by molar-refractivity contribution is -0.161. The van der Waals surface area contributed by atoms with E-state index in [2.05, 4.69) is 41.5 Å². The first-order valence-corrected chi connectivity index (χ1v) is 44.0. The van der Waals surface area contributed by atoms with Gasteiger partial charge in [-0.25, -0.2) is 9.13 Å². The van der Waals surface area contributed by atoms with Gasteiger partial charge in [-0.15, -0.1) is 0 Å². The number of carbonyl (C=O) groups is 4. The maximum atomic E-state index is 13.1. The lowest BCUT2D eigenvalue weighted by atomic mass is 10.0. The standard InChI is InChI=1S/C79H154O17P2/c1-7-9-11-13-15-17-19-21-23-25-27-29-31-35-39-43-51-57-63-78(83)95-74(67-89-76(81)61-55-49-42-38-34-30-28-26-24-22-20-18-16-14-12-10-8-2)69-93-97(85,86)91-65-73(80)66-92-98(87,88)94-70-75(68-90-77(82)62-56-50-46-45-48-54-60-72(5)6)96-79(84)64-58-52-44-40-36-32-33-37-41-47-53-59-71(3)4/h71-75,80H,7-70H2,1-6H3,(H,85,86)(H,87,88)/t73-,74-,75-/m1/s1. The Labute approximate surface area is 600 Å². The number of hydrogen-bond donors (Lipinski definition) is 3. The van der Waals surface area contributed by atoms with Gasteiger partial charge in [-0.1, -0.05) is 363 Å². The van der Waals surface area contributed by atoms with Gasteiger partial charge in [-0.3, -0.25) is 37.3 Å². The molecule has 98 heavy (non-hydrogen) atoms. The maximum Gasteiger partial charge on any atom is 0.472 e. The van der Waals surface area contributed by atoms with E-state index in [1.807, 2.05) is 0 Å². The van der Waals surface area contributed by atoms with Crippen LogP contribution < -0.4 is 0 Å². The smallest absolute Gasteiger partial charge is 0.462 e. The first-order chi connectivity index (χ1) is 47.4. The molecule has 0 aliphatic carbocycles. The minimum Gasteiger partial charge on any atom is -0.462 e. The number of hydrogen-bond acceptors (Lipinski definition) is 15. The Kier molecular flexibility index (Phi) is 69.3. The fourth-order valence-electron chi connectivity index (χ4n) is 12.2. The molecule has 0 aliphatic heterocycles. The van der Waals surface area contributed by atoms with E-state index in [1.165, 1.54) is 225 Å². The van der Waals surface area contributed by atoms with Crippen molar-refractivity contribution in [2.75, 3.05) is 39.6 Å². The molecule has 0 aromatic carbocycles. The molecular formula is C79H154O17P2. The third-order valence-electron chi connectivity index (χ3n) is 18.5. The number of aliphatic hydroxyl groups is 1. The molecule has 2 unspecified atom stereocenters. The molecule has 0 fully saturated rings. The molecule has 17 nitrogen and oxygen atoms in total. The fraction of sp³-hybridized carbons (Fsp3) is 0.949. The van der Waals surface area contributed by atoms with E-state index in [1.54, 1.807) is 0 Å². The largest absolute Gasteiger partial charge is 0.472 e. The molecule has 0 saturated heterocycles. The first-order valence-electron chi connectivity index (χ1n) is 41.0. The van der Waals surface area contributed by atoms with Crippen LogP contribution in [0.4, 0.5) is 0 Å². The Morgan fingerprint density at radius 2 is 0.469 bits per heavy atom. The van der Waals surface area contributed by atoms with Crippen molar-refractivity contribution in [2.24, 2.45) is 11.8 Å². The average Bonchev–Trinajstić information content (AvgIpc) is 0.940.